The summed E-state index contributed by atoms with van der Waals surface area (Å²) in [5.41, 5.74) is 1.37. The lowest BCUT2D eigenvalue weighted by atomic mass is 10.3. The van der Waals surface area contributed by atoms with E-state index in [1.165, 1.54) is 9.80 Å². The molecule has 0 aromatic carbocycles. The summed E-state index contributed by atoms with van der Waals surface area (Å²) in [6, 6.07) is 7.65. The molecule has 0 radical (unpaired) electrons. The van der Waals surface area contributed by atoms with Crippen LogP contribution in [0.15, 0.2) is 42.9 Å². The van der Waals surface area contributed by atoms with E-state index in [0.717, 1.165) is 12.2 Å². The summed E-state index contributed by atoms with van der Waals surface area (Å²) in [6.07, 6.45) is 7.09. The number of aromatic nitrogens is 3. The molecule has 0 N–H and O–H groups in total. The second-order valence-corrected chi connectivity index (χ2v) is 6.59. The molecule has 3 rings (SSSR count). The van der Waals surface area contributed by atoms with Gasteiger partial charge >= 0.3 is 0 Å². The van der Waals surface area contributed by atoms with Gasteiger partial charge in [-0.1, -0.05) is 6.92 Å². The Labute approximate surface area is 163 Å². The highest BCUT2D eigenvalue weighted by Crippen LogP contribution is 2.28. The second-order valence-electron chi connectivity index (χ2n) is 6.59. The summed E-state index contributed by atoms with van der Waals surface area (Å²) in [5.74, 6) is 1.07. The molecule has 0 aliphatic rings. The SMILES string of the molecule is CCc1nc2c(OCCn3cccc3)cccn2c1N(C=O)CC(=O)N(C)C. The normalized spacial score (nSPS) is 10.8. The Morgan fingerprint density at radius 2 is 1.96 bits per heavy atom. The van der Waals surface area contributed by atoms with E-state index in [1.54, 1.807) is 18.5 Å². The Morgan fingerprint density at radius 1 is 1.21 bits per heavy atom. The number of pyridine rings is 1. The fourth-order valence-corrected chi connectivity index (χ4v) is 2.96. The molecule has 0 aliphatic carbocycles. The number of amides is 2. The largest absolute Gasteiger partial charge is 0.488 e. The number of nitrogens with zero attached hydrogens (tertiary/aromatic N) is 5. The van der Waals surface area contributed by atoms with Gasteiger partial charge < -0.3 is 14.2 Å². The number of hydrogen-bond donors (Lipinski definition) is 0. The van der Waals surface area contributed by atoms with Crippen LogP contribution in [-0.4, -0.2) is 58.4 Å². The van der Waals surface area contributed by atoms with Crippen LogP contribution in [0.5, 0.6) is 5.75 Å². The monoisotopic (exact) mass is 383 g/mol. The van der Waals surface area contributed by atoms with E-state index < -0.39 is 0 Å². The van der Waals surface area contributed by atoms with Crippen LogP contribution in [0.3, 0.4) is 0 Å². The fourth-order valence-electron chi connectivity index (χ4n) is 2.96. The fraction of sp³-hybridized carbons (Fsp3) is 0.350. The van der Waals surface area contributed by atoms with Gasteiger partial charge in [0.15, 0.2) is 11.4 Å². The van der Waals surface area contributed by atoms with E-state index in [-0.39, 0.29) is 12.5 Å². The van der Waals surface area contributed by atoms with Gasteiger partial charge in [-0.25, -0.2) is 4.98 Å². The van der Waals surface area contributed by atoms with E-state index in [0.29, 0.717) is 36.7 Å². The molecule has 2 amide bonds. The molecule has 0 aliphatic heterocycles. The predicted molar refractivity (Wildman–Crippen MR) is 107 cm³/mol. The number of anilines is 1. The quantitative estimate of drug-likeness (QED) is 0.529. The van der Waals surface area contributed by atoms with Crippen molar-refractivity contribution >= 4 is 23.8 Å². The van der Waals surface area contributed by atoms with Crippen molar-refractivity contribution in [2.45, 2.75) is 19.9 Å². The van der Waals surface area contributed by atoms with Gasteiger partial charge in [-0.3, -0.25) is 18.9 Å². The zero-order valence-electron chi connectivity index (χ0n) is 16.4. The third-order valence-electron chi connectivity index (χ3n) is 4.47. The molecule has 0 spiro atoms. The van der Waals surface area contributed by atoms with Crippen molar-refractivity contribution < 1.29 is 14.3 Å². The van der Waals surface area contributed by atoms with Gasteiger partial charge in [0.05, 0.1) is 12.2 Å². The first kappa shape index (κ1) is 19.5. The van der Waals surface area contributed by atoms with Crippen LogP contribution < -0.4 is 9.64 Å². The highest BCUT2D eigenvalue weighted by Gasteiger charge is 2.22. The molecule has 3 aromatic heterocycles. The summed E-state index contributed by atoms with van der Waals surface area (Å²) in [7, 11) is 3.33. The molecule has 0 saturated heterocycles. The molecule has 0 fully saturated rings. The molecule has 0 atom stereocenters. The van der Waals surface area contributed by atoms with Crippen molar-refractivity contribution in [2.75, 3.05) is 32.1 Å². The van der Waals surface area contributed by atoms with Gasteiger partial charge in [-0.15, -0.1) is 0 Å². The van der Waals surface area contributed by atoms with Crippen molar-refractivity contribution in [3.8, 4) is 5.75 Å². The van der Waals surface area contributed by atoms with Crippen molar-refractivity contribution in [1.29, 1.82) is 0 Å². The first-order chi connectivity index (χ1) is 13.5. The van der Waals surface area contributed by atoms with Gasteiger partial charge in [0, 0.05) is 32.7 Å². The molecule has 0 saturated carbocycles. The van der Waals surface area contributed by atoms with Crippen molar-refractivity contribution in [3.63, 3.8) is 0 Å². The predicted octanol–water partition coefficient (Wildman–Crippen LogP) is 1.83. The summed E-state index contributed by atoms with van der Waals surface area (Å²) in [6.45, 7) is 3.14. The number of fused-ring (bicyclic) bond motifs is 1. The summed E-state index contributed by atoms with van der Waals surface area (Å²) in [5, 5.41) is 0. The van der Waals surface area contributed by atoms with Gasteiger partial charge in [0.2, 0.25) is 12.3 Å². The minimum absolute atomic E-state index is 0.0456. The lowest BCUT2D eigenvalue weighted by Crippen LogP contribution is -2.36. The summed E-state index contributed by atoms with van der Waals surface area (Å²) in [4.78, 5) is 31.4. The Bertz CT molecular complexity index is 946. The summed E-state index contributed by atoms with van der Waals surface area (Å²) >= 11 is 0. The number of hydrogen-bond acceptors (Lipinski definition) is 4. The number of likely N-dealkylation sites (N-methyl/N-ethyl adjacent to an activating group) is 1. The smallest absolute Gasteiger partial charge is 0.242 e. The number of ether oxygens (including phenoxy) is 1. The third kappa shape index (κ3) is 4.00. The Kier molecular flexibility index (Phi) is 5.98. The first-order valence-corrected chi connectivity index (χ1v) is 9.20. The number of aryl methyl sites for hydroxylation is 1. The lowest BCUT2D eigenvalue weighted by Gasteiger charge is -2.20. The van der Waals surface area contributed by atoms with Crippen LogP contribution in [0.1, 0.15) is 12.6 Å². The molecule has 8 nitrogen and oxygen atoms in total. The van der Waals surface area contributed by atoms with Crippen LogP contribution in [-0.2, 0) is 22.6 Å². The van der Waals surface area contributed by atoms with Gasteiger partial charge in [-0.2, -0.15) is 0 Å². The molecule has 0 bridgehead atoms. The average Bonchev–Trinajstić information content (AvgIpc) is 3.33. The van der Waals surface area contributed by atoms with E-state index in [4.69, 9.17) is 4.74 Å². The zero-order chi connectivity index (χ0) is 20.1. The molecule has 148 valence electrons. The van der Waals surface area contributed by atoms with Crippen LogP contribution in [0.2, 0.25) is 0 Å². The van der Waals surface area contributed by atoms with E-state index >= 15 is 0 Å². The third-order valence-corrected chi connectivity index (χ3v) is 4.47. The lowest BCUT2D eigenvalue weighted by molar-refractivity contribution is -0.128. The standard InChI is InChI=1S/C20H25N5O3/c1-4-16-20(24(15-26)14-18(27)22(2)3)25-11-7-8-17(19(25)21-16)28-13-12-23-9-5-6-10-23/h5-11,15H,4,12-14H2,1-3H3. The van der Waals surface area contributed by atoms with Crippen LogP contribution in [0.25, 0.3) is 5.65 Å². The molecule has 8 heteroatoms. The number of carbonyl (C=O) groups excluding carboxylic acids is 2. The van der Waals surface area contributed by atoms with E-state index in [1.807, 2.05) is 54.3 Å². The molecule has 3 aromatic rings. The first-order valence-electron chi connectivity index (χ1n) is 9.20. The van der Waals surface area contributed by atoms with Crippen LogP contribution in [0.4, 0.5) is 5.82 Å². The zero-order valence-corrected chi connectivity index (χ0v) is 16.4. The summed E-state index contributed by atoms with van der Waals surface area (Å²) < 4.78 is 9.80. The highest BCUT2D eigenvalue weighted by atomic mass is 16.5. The molecular formula is C20H25N5O3. The van der Waals surface area contributed by atoms with E-state index in [2.05, 4.69) is 4.98 Å². The van der Waals surface area contributed by atoms with Crippen molar-refractivity contribution in [3.05, 3.63) is 48.5 Å². The van der Waals surface area contributed by atoms with E-state index in [9.17, 15) is 9.59 Å². The highest BCUT2D eigenvalue weighted by molar-refractivity contribution is 5.89. The van der Waals surface area contributed by atoms with Crippen LogP contribution in [0, 0.1) is 0 Å². The molecule has 0 unspecified atom stereocenters. The maximum atomic E-state index is 12.1. The van der Waals surface area contributed by atoms with Gasteiger partial charge in [0.25, 0.3) is 0 Å². The average molecular weight is 383 g/mol. The minimum Gasteiger partial charge on any atom is -0.488 e. The second kappa shape index (κ2) is 8.60. The van der Waals surface area contributed by atoms with Crippen molar-refractivity contribution in [1.82, 2.24) is 18.9 Å². The molecular weight excluding hydrogens is 358 g/mol. The Hall–Kier alpha value is -3.29. The minimum atomic E-state index is -0.164. The van der Waals surface area contributed by atoms with Crippen molar-refractivity contribution in [2.24, 2.45) is 0 Å². The number of imidazole rings is 1. The number of rotatable bonds is 9. The molecule has 3 heterocycles. The maximum Gasteiger partial charge on any atom is 0.242 e. The number of carbonyl (C=O) groups is 2. The van der Waals surface area contributed by atoms with Gasteiger partial charge in [0.1, 0.15) is 19.0 Å². The molecule has 28 heavy (non-hydrogen) atoms. The Morgan fingerprint density at radius 3 is 2.61 bits per heavy atom. The maximum absolute atomic E-state index is 12.1. The Balaban J connectivity index is 1.90. The topological polar surface area (TPSA) is 72.1 Å². The van der Waals surface area contributed by atoms with Crippen LogP contribution >= 0.6 is 0 Å². The van der Waals surface area contributed by atoms with Gasteiger partial charge in [-0.05, 0) is 30.7 Å².